The van der Waals surface area contributed by atoms with Crippen molar-refractivity contribution in [2.24, 2.45) is 0 Å². The van der Waals surface area contributed by atoms with Crippen molar-refractivity contribution in [3.05, 3.63) is 0 Å². The molecule has 0 fully saturated rings. The molecule has 0 aliphatic heterocycles. The third kappa shape index (κ3) is 17.5. The van der Waals surface area contributed by atoms with Gasteiger partial charge in [0.2, 0.25) is 0 Å². The van der Waals surface area contributed by atoms with Crippen LogP contribution in [0, 0.1) is 0 Å². The standard InChI is InChI=1S/C17H36O4S.Na/c1-3-4-5-7-11-14-17(22(19,20)21)15-12-9-6-8-10-13-16(2)18;/h16-18H,3-15H2,1-2H3,(H,19,20,21);/q;+1/p-1. The van der Waals surface area contributed by atoms with Gasteiger partial charge in [0.05, 0.1) is 16.2 Å². The molecule has 4 nitrogen and oxygen atoms in total. The largest absolute Gasteiger partial charge is 1.00 e. The second-order valence-electron chi connectivity index (χ2n) is 6.51. The molecule has 0 aliphatic carbocycles. The first-order valence-electron chi connectivity index (χ1n) is 9.00. The molecule has 0 spiro atoms. The van der Waals surface area contributed by atoms with E-state index in [9.17, 15) is 13.0 Å². The zero-order chi connectivity index (χ0) is 16.8. The maximum Gasteiger partial charge on any atom is 1.00 e. The maximum absolute atomic E-state index is 11.3. The summed E-state index contributed by atoms with van der Waals surface area (Å²) < 4.78 is 33.9. The molecule has 1 N–H and O–H groups in total. The van der Waals surface area contributed by atoms with Crippen LogP contribution >= 0.6 is 0 Å². The van der Waals surface area contributed by atoms with Crippen LogP contribution in [0.15, 0.2) is 0 Å². The van der Waals surface area contributed by atoms with Crippen LogP contribution in [0.5, 0.6) is 0 Å². The zero-order valence-electron chi connectivity index (χ0n) is 15.4. The normalized spacial score (nSPS) is 14.3. The number of rotatable bonds is 15. The number of aliphatic hydroxyl groups is 1. The quantitative estimate of drug-likeness (QED) is 0.272. The summed E-state index contributed by atoms with van der Waals surface area (Å²) >= 11 is 0. The van der Waals surface area contributed by atoms with E-state index in [0.29, 0.717) is 12.8 Å². The van der Waals surface area contributed by atoms with Crippen LogP contribution in [0.25, 0.3) is 0 Å². The van der Waals surface area contributed by atoms with Gasteiger partial charge in [-0.1, -0.05) is 71.1 Å². The molecule has 2 unspecified atom stereocenters. The molecule has 0 bridgehead atoms. The number of unbranched alkanes of at least 4 members (excludes halogenated alkanes) is 8. The van der Waals surface area contributed by atoms with Crippen LogP contribution in [0.2, 0.25) is 0 Å². The number of hydrogen-bond acceptors (Lipinski definition) is 4. The van der Waals surface area contributed by atoms with Gasteiger partial charge in [0.25, 0.3) is 0 Å². The Morgan fingerprint density at radius 1 is 0.826 bits per heavy atom. The first kappa shape index (κ1) is 26.1. The van der Waals surface area contributed by atoms with E-state index in [2.05, 4.69) is 6.92 Å². The molecular formula is C17H35NaO4S. The van der Waals surface area contributed by atoms with E-state index in [0.717, 1.165) is 57.8 Å². The third-order valence-corrected chi connectivity index (χ3v) is 5.47. The molecule has 0 saturated heterocycles. The molecule has 0 radical (unpaired) electrons. The molecular weight excluding hydrogens is 323 g/mol. The maximum atomic E-state index is 11.3. The predicted molar refractivity (Wildman–Crippen MR) is 90.9 cm³/mol. The summed E-state index contributed by atoms with van der Waals surface area (Å²) in [5.74, 6) is 0. The van der Waals surface area contributed by atoms with E-state index in [4.69, 9.17) is 5.11 Å². The van der Waals surface area contributed by atoms with Crippen LogP contribution in [-0.4, -0.2) is 29.4 Å². The fraction of sp³-hybridized carbons (Fsp3) is 1.00. The first-order valence-corrected chi connectivity index (χ1v) is 10.5. The fourth-order valence-corrected chi connectivity index (χ4v) is 3.66. The van der Waals surface area contributed by atoms with Crippen molar-refractivity contribution in [2.45, 2.75) is 109 Å². The Hall–Kier alpha value is 0.870. The Balaban J connectivity index is 0. The van der Waals surface area contributed by atoms with Crippen molar-refractivity contribution in [2.75, 3.05) is 0 Å². The molecule has 0 amide bonds. The van der Waals surface area contributed by atoms with Gasteiger partial charge in [0.15, 0.2) is 0 Å². The van der Waals surface area contributed by atoms with E-state index in [1.54, 1.807) is 6.92 Å². The van der Waals surface area contributed by atoms with Gasteiger partial charge in [-0.15, -0.1) is 0 Å². The van der Waals surface area contributed by atoms with Gasteiger partial charge in [-0.2, -0.15) is 0 Å². The zero-order valence-corrected chi connectivity index (χ0v) is 18.2. The molecule has 0 aromatic heterocycles. The van der Waals surface area contributed by atoms with Crippen molar-refractivity contribution in [3.8, 4) is 0 Å². The summed E-state index contributed by atoms with van der Waals surface area (Å²) in [7, 11) is -4.15. The molecule has 6 heteroatoms. The second-order valence-corrected chi connectivity index (χ2v) is 8.16. The van der Waals surface area contributed by atoms with Crippen molar-refractivity contribution in [1.82, 2.24) is 0 Å². The van der Waals surface area contributed by atoms with Crippen molar-refractivity contribution < 1.29 is 47.6 Å². The van der Waals surface area contributed by atoms with E-state index in [1.807, 2.05) is 0 Å². The number of aliphatic hydroxyl groups excluding tert-OH is 1. The topological polar surface area (TPSA) is 77.4 Å². The summed E-state index contributed by atoms with van der Waals surface area (Å²) in [6, 6.07) is 0. The van der Waals surface area contributed by atoms with Gasteiger partial charge in [-0.3, -0.25) is 0 Å². The number of hydrogen-bond donors (Lipinski definition) is 1. The van der Waals surface area contributed by atoms with Gasteiger partial charge < -0.3 is 9.66 Å². The van der Waals surface area contributed by atoms with E-state index in [1.165, 1.54) is 12.8 Å². The van der Waals surface area contributed by atoms with Gasteiger partial charge in [-0.25, -0.2) is 8.42 Å². The fourth-order valence-electron chi connectivity index (χ4n) is 2.75. The van der Waals surface area contributed by atoms with Gasteiger partial charge in [-0.05, 0) is 26.2 Å². The molecule has 0 aliphatic rings. The van der Waals surface area contributed by atoms with E-state index >= 15 is 0 Å². The molecule has 0 saturated carbocycles. The van der Waals surface area contributed by atoms with Gasteiger partial charge in [0, 0.05) is 5.25 Å². The van der Waals surface area contributed by atoms with Crippen molar-refractivity contribution >= 4 is 10.1 Å². The summed E-state index contributed by atoms with van der Waals surface area (Å²) in [4.78, 5) is 0. The third-order valence-electron chi connectivity index (χ3n) is 4.19. The Labute approximate surface area is 165 Å². The minimum Gasteiger partial charge on any atom is -0.748 e. The Bertz CT molecular complexity index is 345. The van der Waals surface area contributed by atoms with Crippen LogP contribution in [0.4, 0.5) is 0 Å². The first-order chi connectivity index (χ1) is 10.4. The summed E-state index contributed by atoms with van der Waals surface area (Å²) in [5, 5.41) is 8.46. The summed E-state index contributed by atoms with van der Waals surface area (Å²) in [6.07, 6.45) is 11.9. The minimum atomic E-state index is -4.15. The Morgan fingerprint density at radius 2 is 1.22 bits per heavy atom. The smallest absolute Gasteiger partial charge is 0.748 e. The molecule has 0 heterocycles. The molecule has 23 heavy (non-hydrogen) atoms. The molecule has 2 atom stereocenters. The van der Waals surface area contributed by atoms with E-state index < -0.39 is 15.4 Å². The summed E-state index contributed by atoms with van der Waals surface area (Å²) in [5.41, 5.74) is 0. The average molecular weight is 359 g/mol. The minimum absolute atomic E-state index is 0. The van der Waals surface area contributed by atoms with Crippen LogP contribution in [0.1, 0.15) is 97.3 Å². The van der Waals surface area contributed by atoms with E-state index in [-0.39, 0.29) is 35.7 Å². The van der Waals surface area contributed by atoms with Crippen molar-refractivity contribution in [1.29, 1.82) is 0 Å². The molecule has 0 aromatic rings. The van der Waals surface area contributed by atoms with Crippen LogP contribution < -0.4 is 29.6 Å². The second kappa shape index (κ2) is 16.3. The molecule has 0 aromatic carbocycles. The Morgan fingerprint density at radius 3 is 1.61 bits per heavy atom. The SMILES string of the molecule is CCCCCCCC(CCCCCCCC(C)O)S(=O)(=O)[O-].[Na+]. The van der Waals surface area contributed by atoms with Gasteiger partial charge in [0.1, 0.15) is 0 Å². The summed E-state index contributed by atoms with van der Waals surface area (Å²) in [6.45, 7) is 3.94. The molecule has 0 rings (SSSR count). The monoisotopic (exact) mass is 358 g/mol. The van der Waals surface area contributed by atoms with Gasteiger partial charge >= 0.3 is 29.6 Å². The molecule has 134 valence electrons. The van der Waals surface area contributed by atoms with Crippen LogP contribution in [-0.2, 0) is 10.1 Å². The van der Waals surface area contributed by atoms with Crippen molar-refractivity contribution in [3.63, 3.8) is 0 Å². The average Bonchev–Trinajstić information content (AvgIpc) is 2.42. The van der Waals surface area contributed by atoms with Crippen LogP contribution in [0.3, 0.4) is 0 Å². The Kier molecular flexibility index (Phi) is 18.5. The predicted octanol–water partition coefficient (Wildman–Crippen LogP) is 1.38.